The average Bonchev–Trinajstić information content (AvgIpc) is 3.69. The van der Waals surface area contributed by atoms with Crippen LogP contribution in [0.2, 0.25) is 0 Å². The highest BCUT2D eigenvalue weighted by Gasteiger charge is 2.17. The summed E-state index contributed by atoms with van der Waals surface area (Å²) in [6.07, 6.45) is 0. The third-order valence-corrected chi connectivity index (χ3v) is 10.9. The van der Waals surface area contributed by atoms with E-state index < -0.39 is 0 Å². The summed E-state index contributed by atoms with van der Waals surface area (Å²) in [6, 6.07) is 62.0. The van der Waals surface area contributed by atoms with Gasteiger partial charge in [-0.2, -0.15) is 0 Å². The minimum Gasteiger partial charge on any atom is -0.309 e. The molecule has 0 bridgehead atoms. The van der Waals surface area contributed by atoms with Gasteiger partial charge in [-0.25, -0.2) is 0 Å². The molecule has 0 N–H and O–H groups in total. The Morgan fingerprint density at radius 2 is 0.843 bits per heavy atom. The molecular weight excluding hydrogens is 617 g/mol. The monoisotopic (exact) mass is 649 g/mol. The van der Waals surface area contributed by atoms with Gasteiger partial charge in [0.15, 0.2) is 0 Å². The number of nitrogens with zero attached hydrogens (tertiary/aromatic N) is 2. The van der Waals surface area contributed by atoms with Crippen LogP contribution in [0.4, 0.5) is 0 Å². The van der Waals surface area contributed by atoms with Crippen LogP contribution in [0.1, 0.15) is 6.93 Å². The number of aromatic nitrogens is 2. The van der Waals surface area contributed by atoms with E-state index in [1.54, 1.807) is 0 Å². The highest BCUT2D eigenvalue weighted by atomic mass is 15.0. The molecular formula is C49H32N2. The summed E-state index contributed by atoms with van der Waals surface area (Å²) in [6.45, 7) is 2.17. The van der Waals surface area contributed by atoms with Gasteiger partial charge in [-0.15, -0.1) is 0 Å². The Morgan fingerprint density at radius 1 is 0.333 bits per heavy atom. The van der Waals surface area contributed by atoms with Gasteiger partial charge in [-0.05, 0) is 117 Å². The number of aryl methyl sites for hydroxylation is 1. The van der Waals surface area contributed by atoms with Crippen molar-refractivity contribution in [3.8, 4) is 22.5 Å². The first-order valence-electron chi connectivity index (χ1n) is 18.1. The summed E-state index contributed by atoms with van der Waals surface area (Å²) in [5.41, 5.74) is 10.5. The van der Waals surface area contributed by atoms with Crippen LogP contribution >= 0.6 is 0 Å². The summed E-state index contributed by atoms with van der Waals surface area (Å²) in [5.74, 6) is 0. The lowest BCUT2D eigenvalue weighted by Crippen LogP contribution is -1.94. The van der Waals surface area contributed by atoms with E-state index >= 15 is 0 Å². The average molecular weight is 650 g/mol. The van der Waals surface area contributed by atoms with E-state index in [1.807, 2.05) is 12.1 Å². The lowest BCUT2D eigenvalue weighted by molar-refractivity contribution is 1.18. The Labute approximate surface area is 296 Å². The van der Waals surface area contributed by atoms with E-state index in [0.29, 0.717) is 6.04 Å². The van der Waals surface area contributed by atoms with Crippen molar-refractivity contribution in [2.45, 2.75) is 6.92 Å². The SMILES string of the molecule is [2H]c1ccc2c(c1)c1cc(-c3ccc4c(c3)c3cc(C)ccc3n4-c3ccccc3)ccc1n2-c1ccc2c3ccccc3c3ccccc3c2c1. The molecule has 0 amide bonds. The zero-order valence-electron chi connectivity index (χ0n) is 29.1. The number of fused-ring (bicyclic) bond motifs is 12. The fourth-order valence-electron chi connectivity index (χ4n) is 8.57. The quantitative estimate of drug-likeness (QED) is 0.169. The Bertz CT molecular complexity index is 3220. The number of para-hydroxylation sites is 2. The summed E-state index contributed by atoms with van der Waals surface area (Å²) >= 11 is 0. The molecule has 0 aliphatic rings. The molecule has 0 aliphatic heterocycles. The highest BCUT2D eigenvalue weighted by Crippen LogP contribution is 2.40. The summed E-state index contributed by atoms with van der Waals surface area (Å²) in [7, 11) is 0. The number of rotatable bonds is 3. The van der Waals surface area contributed by atoms with Gasteiger partial charge in [0, 0.05) is 32.9 Å². The maximum Gasteiger partial charge on any atom is 0.0623 e. The maximum atomic E-state index is 8.60. The largest absolute Gasteiger partial charge is 0.309 e. The predicted molar refractivity (Wildman–Crippen MR) is 218 cm³/mol. The first-order valence-corrected chi connectivity index (χ1v) is 17.6. The van der Waals surface area contributed by atoms with Gasteiger partial charge < -0.3 is 9.13 Å². The number of hydrogen-bond acceptors (Lipinski definition) is 0. The number of benzene rings is 9. The van der Waals surface area contributed by atoms with Crippen molar-refractivity contribution < 1.29 is 1.37 Å². The molecule has 2 heteroatoms. The summed E-state index contributed by atoms with van der Waals surface area (Å²) in [4.78, 5) is 0. The molecule has 11 rings (SSSR count). The minimum absolute atomic E-state index is 0.512. The molecule has 238 valence electrons. The molecule has 0 aliphatic carbocycles. The second-order valence-corrected chi connectivity index (χ2v) is 13.8. The van der Waals surface area contributed by atoms with E-state index in [0.717, 1.165) is 38.7 Å². The van der Waals surface area contributed by atoms with Crippen molar-refractivity contribution in [1.29, 1.82) is 0 Å². The molecule has 0 spiro atoms. The fourth-order valence-corrected chi connectivity index (χ4v) is 8.57. The van der Waals surface area contributed by atoms with E-state index in [-0.39, 0.29) is 0 Å². The van der Waals surface area contributed by atoms with E-state index in [1.165, 1.54) is 65.3 Å². The second kappa shape index (κ2) is 10.7. The smallest absolute Gasteiger partial charge is 0.0623 e. The topological polar surface area (TPSA) is 9.86 Å². The van der Waals surface area contributed by atoms with Crippen molar-refractivity contribution in [2.24, 2.45) is 0 Å². The lowest BCUT2D eigenvalue weighted by atomic mass is 9.94. The van der Waals surface area contributed by atoms with Gasteiger partial charge in [0.05, 0.1) is 23.4 Å². The predicted octanol–water partition coefficient (Wildman–Crippen LogP) is 13.3. The van der Waals surface area contributed by atoms with Gasteiger partial charge in [-0.1, -0.05) is 115 Å². The van der Waals surface area contributed by atoms with Crippen molar-refractivity contribution in [3.05, 3.63) is 181 Å². The van der Waals surface area contributed by atoms with Crippen molar-refractivity contribution >= 4 is 75.9 Å². The Morgan fingerprint density at radius 3 is 1.51 bits per heavy atom. The van der Waals surface area contributed by atoms with E-state index in [4.69, 9.17) is 1.37 Å². The Kier molecular flexibility index (Phi) is 5.70. The zero-order chi connectivity index (χ0) is 34.5. The first-order chi connectivity index (χ1) is 25.6. The van der Waals surface area contributed by atoms with Crippen LogP contribution in [0, 0.1) is 6.92 Å². The van der Waals surface area contributed by atoms with E-state index in [2.05, 4.69) is 174 Å². The molecule has 0 atom stereocenters. The zero-order valence-corrected chi connectivity index (χ0v) is 28.1. The fraction of sp³-hybridized carbons (Fsp3) is 0.0204. The molecule has 0 saturated heterocycles. The normalized spacial score (nSPS) is 12.3. The van der Waals surface area contributed by atoms with Crippen LogP contribution in [-0.4, -0.2) is 9.13 Å². The third kappa shape index (κ3) is 4.11. The van der Waals surface area contributed by atoms with Crippen LogP contribution in [-0.2, 0) is 0 Å². The minimum atomic E-state index is 0.512. The summed E-state index contributed by atoms with van der Waals surface area (Å²) < 4.78 is 13.3. The van der Waals surface area contributed by atoms with Gasteiger partial charge in [0.1, 0.15) is 0 Å². The lowest BCUT2D eigenvalue weighted by Gasteiger charge is -2.14. The molecule has 51 heavy (non-hydrogen) atoms. The van der Waals surface area contributed by atoms with Gasteiger partial charge in [0.2, 0.25) is 0 Å². The highest BCUT2D eigenvalue weighted by molar-refractivity contribution is 6.25. The molecule has 0 radical (unpaired) electrons. The van der Waals surface area contributed by atoms with Crippen molar-refractivity contribution in [3.63, 3.8) is 0 Å². The maximum absolute atomic E-state index is 8.60. The molecule has 9 aromatic carbocycles. The van der Waals surface area contributed by atoms with Crippen LogP contribution in [0.25, 0.3) is 98.4 Å². The van der Waals surface area contributed by atoms with Gasteiger partial charge in [-0.3, -0.25) is 0 Å². The molecule has 2 heterocycles. The van der Waals surface area contributed by atoms with Crippen molar-refractivity contribution in [1.82, 2.24) is 9.13 Å². The van der Waals surface area contributed by atoms with E-state index in [9.17, 15) is 0 Å². The van der Waals surface area contributed by atoms with Crippen LogP contribution in [0.3, 0.4) is 0 Å². The number of hydrogen-bond donors (Lipinski definition) is 0. The molecule has 2 aromatic heterocycles. The van der Waals surface area contributed by atoms with Crippen molar-refractivity contribution in [2.75, 3.05) is 0 Å². The molecule has 2 nitrogen and oxygen atoms in total. The molecule has 0 fully saturated rings. The summed E-state index contributed by atoms with van der Waals surface area (Å²) in [5, 5.41) is 12.3. The Balaban J connectivity index is 1.13. The Hall–Kier alpha value is -6.64. The van der Waals surface area contributed by atoms with Crippen LogP contribution in [0.15, 0.2) is 176 Å². The standard InChI is InChI=1S/C49H32N2/c1-31-19-24-47-43(27-31)45-29-33(21-26-49(45)50(47)34-11-3-2-4-12-34)32-20-25-48-44(28-32)41-17-9-10-18-46(41)51(48)35-22-23-40-38-15-6-5-13-36(38)37-14-7-8-16-39(37)42(40)30-35/h2-30H,1H3/i9D. The first kappa shape index (κ1) is 27.2. The van der Waals surface area contributed by atoms with Crippen LogP contribution in [0.5, 0.6) is 0 Å². The van der Waals surface area contributed by atoms with Gasteiger partial charge in [0.25, 0.3) is 0 Å². The third-order valence-electron chi connectivity index (χ3n) is 10.9. The molecule has 0 saturated carbocycles. The van der Waals surface area contributed by atoms with Crippen LogP contribution < -0.4 is 0 Å². The van der Waals surface area contributed by atoms with Gasteiger partial charge >= 0.3 is 0 Å². The molecule has 11 aromatic rings. The second-order valence-electron chi connectivity index (χ2n) is 13.8. The molecule has 0 unspecified atom stereocenters.